The van der Waals surface area contributed by atoms with E-state index in [2.05, 4.69) is 5.10 Å². The maximum absolute atomic E-state index is 12.6. The molecule has 24 heavy (non-hydrogen) atoms. The van der Waals surface area contributed by atoms with Crippen LogP contribution in [0, 0.1) is 12.8 Å². The van der Waals surface area contributed by atoms with E-state index >= 15 is 0 Å². The lowest BCUT2D eigenvalue weighted by Crippen LogP contribution is -2.30. The molecule has 2 heterocycles. The number of carbonyl (C=O) groups is 1. The standard InChI is InChI=1S/C16H16Cl2N4O2/c1-9-2-3-11(6-12(9)17)22-16(24)14(18)13(7-20-22)21-5-4-10(8-21)15(19)23/h2-3,6-7,10H,4-5,8H2,1H3,(H2,19,23)/t10-/m1/s1. The molecule has 0 bridgehead atoms. The fourth-order valence-corrected chi connectivity index (χ4v) is 3.18. The number of benzene rings is 1. The third-order valence-electron chi connectivity index (χ3n) is 4.23. The smallest absolute Gasteiger partial charge is 0.292 e. The third kappa shape index (κ3) is 2.99. The van der Waals surface area contributed by atoms with Gasteiger partial charge in [-0.2, -0.15) is 9.78 Å². The monoisotopic (exact) mass is 366 g/mol. The van der Waals surface area contributed by atoms with Crippen molar-refractivity contribution in [2.24, 2.45) is 11.7 Å². The van der Waals surface area contributed by atoms with Crippen molar-refractivity contribution >= 4 is 34.8 Å². The Balaban J connectivity index is 1.96. The van der Waals surface area contributed by atoms with Crippen molar-refractivity contribution < 1.29 is 4.79 Å². The Morgan fingerprint density at radius 2 is 2.12 bits per heavy atom. The number of primary amides is 1. The summed E-state index contributed by atoms with van der Waals surface area (Å²) in [6.45, 7) is 2.92. The number of amides is 1. The van der Waals surface area contributed by atoms with E-state index in [1.807, 2.05) is 17.9 Å². The number of nitrogens with two attached hydrogens (primary N) is 1. The second-order valence-electron chi connectivity index (χ2n) is 5.83. The fourth-order valence-electron chi connectivity index (χ4n) is 2.75. The highest BCUT2D eigenvalue weighted by Gasteiger charge is 2.29. The number of nitrogens with zero attached hydrogens (tertiary/aromatic N) is 3. The minimum atomic E-state index is -0.434. The van der Waals surface area contributed by atoms with Crippen LogP contribution < -0.4 is 16.2 Å². The molecule has 1 aromatic heterocycles. The number of halogens is 2. The molecule has 2 aromatic rings. The first-order valence-corrected chi connectivity index (χ1v) is 8.22. The first-order valence-electron chi connectivity index (χ1n) is 7.47. The summed E-state index contributed by atoms with van der Waals surface area (Å²) in [4.78, 5) is 25.7. The molecule has 6 nitrogen and oxygen atoms in total. The van der Waals surface area contributed by atoms with Gasteiger partial charge in [-0.25, -0.2) is 0 Å². The number of carbonyl (C=O) groups excluding carboxylic acids is 1. The summed E-state index contributed by atoms with van der Waals surface area (Å²) in [7, 11) is 0. The molecular formula is C16H16Cl2N4O2. The van der Waals surface area contributed by atoms with Gasteiger partial charge in [-0.3, -0.25) is 9.59 Å². The molecule has 3 rings (SSSR count). The van der Waals surface area contributed by atoms with Gasteiger partial charge >= 0.3 is 0 Å². The zero-order valence-electron chi connectivity index (χ0n) is 13.0. The molecule has 1 fully saturated rings. The van der Waals surface area contributed by atoms with Crippen molar-refractivity contribution in [1.29, 1.82) is 0 Å². The first kappa shape index (κ1) is 16.8. The maximum atomic E-state index is 12.6. The molecule has 0 spiro atoms. The highest BCUT2D eigenvalue weighted by molar-refractivity contribution is 6.33. The molecule has 8 heteroatoms. The van der Waals surface area contributed by atoms with Crippen molar-refractivity contribution in [2.75, 3.05) is 18.0 Å². The predicted molar refractivity (Wildman–Crippen MR) is 94.1 cm³/mol. The summed E-state index contributed by atoms with van der Waals surface area (Å²) < 4.78 is 1.21. The summed E-state index contributed by atoms with van der Waals surface area (Å²) in [5, 5.41) is 4.81. The summed E-state index contributed by atoms with van der Waals surface area (Å²) in [5.41, 5.74) is 6.87. The number of hydrogen-bond donors (Lipinski definition) is 1. The van der Waals surface area contributed by atoms with Crippen LogP contribution in [0.15, 0.2) is 29.2 Å². The number of anilines is 1. The van der Waals surface area contributed by atoms with E-state index in [0.717, 1.165) is 5.56 Å². The minimum Gasteiger partial charge on any atom is -0.369 e. The number of aryl methyl sites for hydroxylation is 1. The van der Waals surface area contributed by atoms with Crippen LogP contribution in [-0.2, 0) is 4.79 Å². The molecule has 2 N–H and O–H groups in total. The van der Waals surface area contributed by atoms with E-state index in [0.29, 0.717) is 35.9 Å². The Hall–Kier alpha value is -2.05. The molecular weight excluding hydrogens is 351 g/mol. The summed E-state index contributed by atoms with van der Waals surface area (Å²) in [6, 6.07) is 5.23. The second kappa shape index (κ2) is 6.45. The zero-order chi connectivity index (χ0) is 17.4. The van der Waals surface area contributed by atoms with E-state index < -0.39 is 5.56 Å². The molecule has 0 aliphatic carbocycles. The van der Waals surface area contributed by atoms with Gasteiger partial charge in [-0.15, -0.1) is 0 Å². The highest BCUT2D eigenvalue weighted by atomic mass is 35.5. The van der Waals surface area contributed by atoms with E-state index in [-0.39, 0.29) is 16.8 Å². The average Bonchev–Trinajstić information content (AvgIpc) is 3.03. The second-order valence-corrected chi connectivity index (χ2v) is 6.61. The number of aromatic nitrogens is 2. The molecule has 1 amide bonds. The van der Waals surface area contributed by atoms with Gasteiger partial charge in [0.05, 0.1) is 23.5 Å². The van der Waals surface area contributed by atoms with Gasteiger partial charge in [0.2, 0.25) is 5.91 Å². The van der Waals surface area contributed by atoms with Crippen molar-refractivity contribution in [3.05, 3.63) is 50.4 Å². The van der Waals surface area contributed by atoms with Crippen LogP contribution in [-0.4, -0.2) is 28.8 Å². The lowest BCUT2D eigenvalue weighted by atomic mass is 10.1. The van der Waals surface area contributed by atoms with E-state index in [1.54, 1.807) is 12.1 Å². The minimum absolute atomic E-state index is 0.0619. The van der Waals surface area contributed by atoms with Gasteiger partial charge in [0.1, 0.15) is 5.02 Å². The van der Waals surface area contributed by atoms with Gasteiger partial charge in [-0.1, -0.05) is 29.3 Å². The highest BCUT2D eigenvalue weighted by Crippen LogP contribution is 2.28. The molecule has 0 radical (unpaired) electrons. The molecule has 1 aliphatic rings. The Morgan fingerprint density at radius 3 is 2.75 bits per heavy atom. The quantitative estimate of drug-likeness (QED) is 0.902. The lowest BCUT2D eigenvalue weighted by Gasteiger charge is -2.19. The van der Waals surface area contributed by atoms with Crippen LogP contribution in [0.4, 0.5) is 5.69 Å². The van der Waals surface area contributed by atoms with Gasteiger partial charge in [0.25, 0.3) is 5.56 Å². The Kier molecular flexibility index (Phi) is 4.51. The molecule has 1 aliphatic heterocycles. The Labute approximate surface area is 148 Å². The normalized spacial score (nSPS) is 17.3. The van der Waals surface area contributed by atoms with E-state index in [4.69, 9.17) is 28.9 Å². The van der Waals surface area contributed by atoms with Crippen molar-refractivity contribution in [3.8, 4) is 5.69 Å². The van der Waals surface area contributed by atoms with Crippen molar-refractivity contribution in [1.82, 2.24) is 9.78 Å². The third-order valence-corrected chi connectivity index (χ3v) is 4.99. The maximum Gasteiger partial charge on any atom is 0.292 e. The largest absolute Gasteiger partial charge is 0.369 e. The van der Waals surface area contributed by atoms with Gasteiger partial charge in [0, 0.05) is 18.1 Å². The Bertz CT molecular complexity index is 866. The average molecular weight is 367 g/mol. The lowest BCUT2D eigenvalue weighted by molar-refractivity contribution is -0.121. The topological polar surface area (TPSA) is 81.2 Å². The van der Waals surface area contributed by atoms with Crippen LogP contribution in [0.2, 0.25) is 10.0 Å². The van der Waals surface area contributed by atoms with Crippen LogP contribution in [0.3, 0.4) is 0 Å². The predicted octanol–water partition coefficient (Wildman–Crippen LogP) is 2.16. The molecule has 1 aromatic carbocycles. The molecule has 0 unspecified atom stereocenters. The Morgan fingerprint density at radius 1 is 1.38 bits per heavy atom. The van der Waals surface area contributed by atoms with Gasteiger partial charge in [0.15, 0.2) is 0 Å². The van der Waals surface area contributed by atoms with Crippen LogP contribution in [0.5, 0.6) is 0 Å². The molecule has 1 atom stereocenters. The van der Waals surface area contributed by atoms with Crippen LogP contribution >= 0.6 is 23.2 Å². The van der Waals surface area contributed by atoms with Crippen LogP contribution in [0.1, 0.15) is 12.0 Å². The molecule has 126 valence electrons. The summed E-state index contributed by atoms with van der Waals surface area (Å²) in [5.74, 6) is -0.580. The molecule has 0 saturated carbocycles. The zero-order valence-corrected chi connectivity index (χ0v) is 14.5. The van der Waals surface area contributed by atoms with E-state index in [9.17, 15) is 9.59 Å². The number of hydrogen-bond acceptors (Lipinski definition) is 4. The van der Waals surface area contributed by atoms with Gasteiger partial charge in [-0.05, 0) is 31.0 Å². The SMILES string of the molecule is Cc1ccc(-n2ncc(N3CC[C@@H](C(N)=O)C3)c(Cl)c2=O)cc1Cl. The van der Waals surface area contributed by atoms with Crippen LogP contribution in [0.25, 0.3) is 5.69 Å². The van der Waals surface area contributed by atoms with Crippen molar-refractivity contribution in [3.63, 3.8) is 0 Å². The number of rotatable bonds is 3. The molecule has 1 saturated heterocycles. The summed E-state index contributed by atoms with van der Waals surface area (Å²) in [6.07, 6.45) is 2.17. The van der Waals surface area contributed by atoms with E-state index in [1.165, 1.54) is 10.9 Å². The van der Waals surface area contributed by atoms with Gasteiger partial charge < -0.3 is 10.6 Å². The fraction of sp³-hybridized carbons (Fsp3) is 0.312. The first-order chi connectivity index (χ1) is 11.4. The summed E-state index contributed by atoms with van der Waals surface area (Å²) >= 11 is 12.4. The van der Waals surface area contributed by atoms with Crippen molar-refractivity contribution in [2.45, 2.75) is 13.3 Å².